The van der Waals surface area contributed by atoms with Gasteiger partial charge in [0.1, 0.15) is 11.2 Å². The van der Waals surface area contributed by atoms with E-state index in [1.54, 1.807) is 16.7 Å². The molecule has 1 N–H and O–H groups in total. The molecule has 0 fully saturated rings. The van der Waals surface area contributed by atoms with Crippen LogP contribution in [0.25, 0.3) is 11.0 Å². The molecule has 7 nitrogen and oxygen atoms in total. The van der Waals surface area contributed by atoms with Gasteiger partial charge in [-0.15, -0.1) is 0 Å². The van der Waals surface area contributed by atoms with E-state index in [4.69, 9.17) is 4.74 Å². The number of fused-ring (bicyclic) bond motifs is 1. The summed E-state index contributed by atoms with van der Waals surface area (Å²) in [4.78, 5) is 41.8. The number of hydrogen-bond donors (Lipinski definition) is 1. The number of nitrogens with one attached hydrogen (secondary N) is 1. The van der Waals surface area contributed by atoms with Crippen molar-refractivity contribution in [3.63, 3.8) is 0 Å². The smallest absolute Gasteiger partial charge is 0.344 e. The van der Waals surface area contributed by atoms with Crippen molar-refractivity contribution in [1.82, 2.24) is 9.55 Å². The number of carbonyl (C=O) groups is 2. The zero-order chi connectivity index (χ0) is 21.1. The number of ether oxygens (including phenoxy) is 1. The predicted octanol–water partition coefficient (Wildman–Crippen LogP) is 3.14. The third kappa shape index (κ3) is 4.34. The van der Waals surface area contributed by atoms with Gasteiger partial charge in [0.2, 0.25) is 5.43 Å². The summed E-state index contributed by atoms with van der Waals surface area (Å²) in [6, 6.07) is 9.05. The highest BCUT2D eigenvalue weighted by Crippen LogP contribution is 2.16. The van der Waals surface area contributed by atoms with Crippen molar-refractivity contribution in [3.8, 4) is 0 Å². The molecule has 0 spiro atoms. The van der Waals surface area contributed by atoms with E-state index in [9.17, 15) is 14.4 Å². The number of esters is 1. The van der Waals surface area contributed by atoms with Crippen molar-refractivity contribution in [2.24, 2.45) is 0 Å². The lowest BCUT2D eigenvalue weighted by molar-refractivity contribution is -0.119. The fraction of sp³-hybridized carbons (Fsp3) is 0.273. The monoisotopic (exact) mass is 393 g/mol. The number of benzene rings is 1. The predicted molar refractivity (Wildman–Crippen MR) is 111 cm³/mol. The maximum absolute atomic E-state index is 12.7. The summed E-state index contributed by atoms with van der Waals surface area (Å²) in [6.45, 7) is 7.56. The molecule has 1 aromatic carbocycles. The number of pyridine rings is 2. The molecule has 0 saturated carbocycles. The SMILES string of the molecule is CCn1cc(C(=O)OCC(=O)Nc2cc(C)ccc2C)c(=O)c2ccc(C)nc21. The molecule has 150 valence electrons. The zero-order valence-electron chi connectivity index (χ0n) is 16.9. The zero-order valence-corrected chi connectivity index (χ0v) is 16.9. The minimum absolute atomic E-state index is 0.121. The first-order chi connectivity index (χ1) is 13.8. The van der Waals surface area contributed by atoms with Crippen LogP contribution in [0.4, 0.5) is 5.69 Å². The van der Waals surface area contributed by atoms with Crippen LogP contribution in [0, 0.1) is 20.8 Å². The second kappa shape index (κ2) is 8.26. The molecule has 3 aromatic rings. The third-order valence-electron chi connectivity index (χ3n) is 4.62. The molecule has 0 radical (unpaired) electrons. The Balaban J connectivity index is 1.78. The van der Waals surface area contributed by atoms with Crippen LogP contribution >= 0.6 is 0 Å². The highest BCUT2D eigenvalue weighted by molar-refractivity contribution is 5.97. The minimum Gasteiger partial charge on any atom is -0.452 e. The molecule has 0 aliphatic rings. The first kappa shape index (κ1) is 20.3. The van der Waals surface area contributed by atoms with Gasteiger partial charge < -0.3 is 14.6 Å². The van der Waals surface area contributed by atoms with Crippen LogP contribution in [0.5, 0.6) is 0 Å². The number of hydrogen-bond acceptors (Lipinski definition) is 5. The fourth-order valence-electron chi connectivity index (χ4n) is 3.01. The van der Waals surface area contributed by atoms with Gasteiger partial charge in [-0.05, 0) is 57.0 Å². The lowest BCUT2D eigenvalue weighted by Gasteiger charge is -2.12. The molecule has 2 heterocycles. The van der Waals surface area contributed by atoms with Crippen molar-refractivity contribution >= 4 is 28.6 Å². The van der Waals surface area contributed by atoms with E-state index >= 15 is 0 Å². The fourth-order valence-corrected chi connectivity index (χ4v) is 3.01. The highest BCUT2D eigenvalue weighted by atomic mass is 16.5. The lowest BCUT2D eigenvalue weighted by atomic mass is 10.1. The van der Waals surface area contributed by atoms with Crippen molar-refractivity contribution < 1.29 is 14.3 Å². The quantitative estimate of drug-likeness (QED) is 0.673. The molecule has 3 rings (SSSR count). The largest absolute Gasteiger partial charge is 0.452 e. The van der Waals surface area contributed by atoms with Crippen molar-refractivity contribution in [3.05, 3.63) is 69.1 Å². The van der Waals surface area contributed by atoms with Gasteiger partial charge >= 0.3 is 5.97 Å². The molecular weight excluding hydrogens is 370 g/mol. The van der Waals surface area contributed by atoms with Gasteiger partial charge in [0.25, 0.3) is 5.91 Å². The molecule has 0 unspecified atom stereocenters. The number of anilines is 1. The third-order valence-corrected chi connectivity index (χ3v) is 4.62. The van der Waals surface area contributed by atoms with E-state index in [-0.39, 0.29) is 5.56 Å². The summed E-state index contributed by atoms with van der Waals surface area (Å²) < 4.78 is 6.82. The minimum atomic E-state index is -0.837. The van der Waals surface area contributed by atoms with Crippen molar-refractivity contribution in [2.75, 3.05) is 11.9 Å². The van der Waals surface area contributed by atoms with Crippen LogP contribution in [-0.2, 0) is 16.1 Å². The Morgan fingerprint density at radius 3 is 2.62 bits per heavy atom. The topological polar surface area (TPSA) is 90.3 Å². The van der Waals surface area contributed by atoms with Crippen molar-refractivity contribution in [2.45, 2.75) is 34.2 Å². The van der Waals surface area contributed by atoms with Crippen molar-refractivity contribution in [1.29, 1.82) is 0 Å². The van der Waals surface area contributed by atoms with Crippen LogP contribution in [0.2, 0.25) is 0 Å². The van der Waals surface area contributed by atoms with E-state index in [1.807, 2.05) is 45.9 Å². The Bertz CT molecular complexity index is 1160. The van der Waals surface area contributed by atoms with Gasteiger partial charge in [-0.1, -0.05) is 12.1 Å². The van der Waals surface area contributed by atoms with Crippen LogP contribution < -0.4 is 10.7 Å². The Labute approximate surface area is 168 Å². The van der Waals surface area contributed by atoms with Crippen LogP contribution in [0.15, 0.2) is 41.3 Å². The van der Waals surface area contributed by atoms with Gasteiger partial charge in [0, 0.05) is 24.1 Å². The Hall–Kier alpha value is -3.48. The van der Waals surface area contributed by atoms with Crippen LogP contribution in [0.1, 0.15) is 34.1 Å². The Kier molecular flexibility index (Phi) is 5.77. The summed E-state index contributed by atoms with van der Waals surface area (Å²) in [5.41, 5.74) is 3.27. The number of amides is 1. The normalized spacial score (nSPS) is 10.8. The Morgan fingerprint density at radius 1 is 1.14 bits per heavy atom. The molecule has 0 saturated heterocycles. The average Bonchev–Trinajstić information content (AvgIpc) is 2.69. The summed E-state index contributed by atoms with van der Waals surface area (Å²) >= 11 is 0. The summed E-state index contributed by atoms with van der Waals surface area (Å²) in [5.74, 6) is -1.31. The first-order valence-electron chi connectivity index (χ1n) is 9.35. The van der Waals surface area contributed by atoms with E-state index in [0.717, 1.165) is 16.8 Å². The molecule has 1 amide bonds. The first-order valence-corrected chi connectivity index (χ1v) is 9.35. The average molecular weight is 393 g/mol. The number of nitrogens with zero attached hydrogens (tertiary/aromatic N) is 2. The second-order valence-corrected chi connectivity index (χ2v) is 6.92. The van der Waals surface area contributed by atoms with E-state index in [0.29, 0.717) is 23.3 Å². The molecule has 0 aliphatic heterocycles. The number of aryl methyl sites for hydroxylation is 4. The summed E-state index contributed by atoms with van der Waals surface area (Å²) in [7, 11) is 0. The number of carbonyl (C=O) groups excluding carboxylic acids is 2. The standard InChI is InChI=1S/C22H23N3O4/c1-5-25-11-17(20(27)16-9-8-15(4)23-21(16)25)22(28)29-12-19(26)24-18-10-13(2)6-7-14(18)3/h6-11H,5,12H2,1-4H3,(H,24,26). The molecule has 2 aromatic heterocycles. The van der Waals surface area contributed by atoms with Crippen LogP contribution in [-0.4, -0.2) is 28.0 Å². The molecule has 0 aliphatic carbocycles. The molecular formula is C22H23N3O4. The number of aromatic nitrogens is 2. The van der Waals surface area contributed by atoms with E-state index < -0.39 is 23.9 Å². The van der Waals surface area contributed by atoms with Gasteiger partial charge in [-0.2, -0.15) is 0 Å². The molecule has 29 heavy (non-hydrogen) atoms. The van der Waals surface area contributed by atoms with Gasteiger partial charge in [0.15, 0.2) is 6.61 Å². The van der Waals surface area contributed by atoms with Gasteiger partial charge in [-0.3, -0.25) is 9.59 Å². The molecule has 0 atom stereocenters. The van der Waals surface area contributed by atoms with E-state index in [1.165, 1.54) is 6.20 Å². The summed E-state index contributed by atoms with van der Waals surface area (Å²) in [5, 5.41) is 3.06. The van der Waals surface area contributed by atoms with Gasteiger partial charge in [-0.25, -0.2) is 9.78 Å². The Morgan fingerprint density at radius 2 is 1.90 bits per heavy atom. The van der Waals surface area contributed by atoms with Crippen LogP contribution in [0.3, 0.4) is 0 Å². The number of rotatable bonds is 5. The second-order valence-electron chi connectivity index (χ2n) is 6.92. The highest BCUT2D eigenvalue weighted by Gasteiger charge is 2.18. The van der Waals surface area contributed by atoms with E-state index in [2.05, 4.69) is 10.3 Å². The lowest BCUT2D eigenvalue weighted by Crippen LogP contribution is -2.25. The maximum Gasteiger partial charge on any atom is 0.344 e. The van der Waals surface area contributed by atoms with Gasteiger partial charge in [0.05, 0.1) is 5.39 Å². The molecule has 7 heteroatoms. The maximum atomic E-state index is 12.7. The molecule has 0 bridgehead atoms. The summed E-state index contributed by atoms with van der Waals surface area (Å²) in [6.07, 6.45) is 1.43.